The van der Waals surface area contributed by atoms with Crippen molar-refractivity contribution in [2.24, 2.45) is 40.9 Å². The van der Waals surface area contributed by atoms with E-state index >= 15 is 0 Å². The molecule has 0 aromatic heterocycles. The third kappa shape index (κ3) is 26.0. The molecule has 0 bridgehead atoms. The Labute approximate surface area is 513 Å². The molecule has 2 aromatic carbocycles. The summed E-state index contributed by atoms with van der Waals surface area (Å²) in [7, 11) is 0. The van der Waals surface area contributed by atoms with Crippen molar-refractivity contribution in [1.29, 1.82) is 0 Å². The van der Waals surface area contributed by atoms with E-state index in [1.165, 1.54) is 24.3 Å². The number of aliphatic hydroxyl groups excluding tert-OH is 1. The smallest absolute Gasteiger partial charge is 0.326 e. The average molecular weight is 1240 g/mol. The molecule has 490 valence electrons. The van der Waals surface area contributed by atoms with E-state index in [-0.39, 0.29) is 43.9 Å². The summed E-state index contributed by atoms with van der Waals surface area (Å²) in [6, 6.07) is -0.478. The number of phenols is 1. The van der Waals surface area contributed by atoms with Gasteiger partial charge in [0.15, 0.2) is 0 Å². The molecule has 0 radical (unpaired) electrons. The second-order valence-electron chi connectivity index (χ2n) is 22.6. The van der Waals surface area contributed by atoms with E-state index in [2.05, 4.69) is 47.9 Å². The molecule has 0 aliphatic heterocycles. The highest BCUT2D eigenvalue weighted by Crippen LogP contribution is 2.17. The zero-order valence-corrected chi connectivity index (χ0v) is 51.6. The monoisotopic (exact) mass is 1240 g/mol. The maximum atomic E-state index is 14.6. The second kappa shape index (κ2) is 38.8. The molecule has 10 amide bonds. The van der Waals surface area contributed by atoms with Gasteiger partial charge in [0.25, 0.3) is 0 Å². The van der Waals surface area contributed by atoms with Crippen molar-refractivity contribution in [3.63, 3.8) is 0 Å². The lowest BCUT2D eigenvalue weighted by Gasteiger charge is -2.29. The first-order valence-corrected chi connectivity index (χ1v) is 29.9. The molecule has 88 heavy (non-hydrogen) atoms. The van der Waals surface area contributed by atoms with Gasteiger partial charge in [-0.15, -0.1) is 0 Å². The summed E-state index contributed by atoms with van der Waals surface area (Å²) in [6.07, 6.45) is -0.847. The van der Waals surface area contributed by atoms with Gasteiger partial charge in [0.05, 0.1) is 12.6 Å². The first kappa shape index (κ1) is 75.9. The Hall–Kier alpha value is -8.24. The lowest BCUT2D eigenvalue weighted by molar-refractivity contribution is -0.144. The molecule has 13 atom stereocenters. The van der Waals surface area contributed by atoms with E-state index in [4.69, 9.17) is 17.2 Å². The van der Waals surface area contributed by atoms with Crippen LogP contribution >= 0.6 is 0 Å². The second-order valence-corrected chi connectivity index (χ2v) is 22.6. The number of rotatable bonds is 41. The number of benzene rings is 2. The van der Waals surface area contributed by atoms with Crippen molar-refractivity contribution >= 4 is 71.0 Å². The van der Waals surface area contributed by atoms with Crippen LogP contribution in [0.3, 0.4) is 0 Å². The van der Waals surface area contributed by atoms with Gasteiger partial charge in [-0.05, 0) is 85.6 Å². The maximum Gasteiger partial charge on any atom is 0.326 e. The molecule has 0 unspecified atom stereocenters. The molecular formula is C60H94N12O16. The van der Waals surface area contributed by atoms with Crippen LogP contribution in [0.25, 0.3) is 0 Å². The molecule has 19 N–H and O–H groups in total. The fraction of sp³-hybridized carbons (Fsp3) is 0.600. The molecule has 28 heteroatoms. The summed E-state index contributed by atoms with van der Waals surface area (Å²) in [6.45, 7) is 12.7. The number of hydrogen-bond acceptors (Lipinski definition) is 16. The minimum Gasteiger partial charge on any atom is -0.508 e. The zero-order chi connectivity index (χ0) is 66.4. The number of aliphatic hydroxyl groups is 1. The number of primary amides is 1. The Morgan fingerprint density at radius 2 is 0.852 bits per heavy atom. The normalized spacial score (nSPS) is 15.6. The van der Waals surface area contributed by atoms with Crippen LogP contribution in [0.4, 0.5) is 0 Å². The van der Waals surface area contributed by atoms with Gasteiger partial charge in [-0.1, -0.05) is 117 Å². The van der Waals surface area contributed by atoms with E-state index in [1.54, 1.807) is 78.8 Å². The standard InChI is InChI=1S/C60H94N12O16/c1-9-33(6)47(63)57(84)71-49(34(7)10-2)59(86)69-44(31-73)56(83)66-41(25-27-46(76)77)52(79)64-39(19-15-16-28-61)51(78)67-42(30-37-20-22-38(74)23-21-37)54(81)65-40(24-26-45(62)75)53(80)70-48(32(4)5)58(85)68-43(29-36-17-13-12-14-18-36)55(82)72-50(60(87)88)35(8)11-3/h12-14,17-18,20-23,32-35,39-44,47-50,73-74H,9-11,15-16,19,24-31,61,63H2,1-8H3,(H2,62,75)(H,64,79)(H,65,81)(H,66,83)(H,67,78)(H,68,85)(H,69,86)(H,70,80)(H,71,84)(H,72,82)(H,76,77)(H,87,88)/t33-,34-,35-,39-,40-,41-,42-,43-,44-,47-,48-,49-,50-/m0/s1. The number of nitrogens with one attached hydrogen (secondary N) is 9. The molecule has 0 saturated carbocycles. The highest BCUT2D eigenvalue weighted by molar-refractivity contribution is 5.99. The van der Waals surface area contributed by atoms with Crippen molar-refractivity contribution in [2.75, 3.05) is 13.2 Å². The van der Waals surface area contributed by atoms with Gasteiger partial charge in [0, 0.05) is 25.7 Å². The number of aliphatic carboxylic acids is 2. The van der Waals surface area contributed by atoms with Gasteiger partial charge in [0.2, 0.25) is 59.1 Å². The molecule has 0 heterocycles. The van der Waals surface area contributed by atoms with Crippen LogP contribution in [-0.2, 0) is 70.4 Å². The molecule has 2 rings (SSSR count). The van der Waals surface area contributed by atoms with Crippen molar-refractivity contribution < 1.29 is 78.0 Å². The Kier molecular flexibility index (Phi) is 33.5. The Morgan fingerprint density at radius 1 is 0.455 bits per heavy atom. The van der Waals surface area contributed by atoms with E-state index in [0.717, 1.165) is 0 Å². The molecule has 28 nitrogen and oxygen atoms in total. The lowest BCUT2D eigenvalue weighted by Crippen LogP contribution is -2.62. The van der Waals surface area contributed by atoms with Crippen molar-refractivity contribution in [2.45, 2.75) is 193 Å². The summed E-state index contributed by atoms with van der Waals surface area (Å²) in [4.78, 5) is 163. The van der Waals surface area contributed by atoms with Crippen LogP contribution in [0.1, 0.15) is 131 Å². The molecule has 0 aliphatic rings. The summed E-state index contributed by atoms with van der Waals surface area (Å²) >= 11 is 0. The van der Waals surface area contributed by atoms with Gasteiger partial charge < -0.3 is 85.5 Å². The Morgan fingerprint density at radius 3 is 1.33 bits per heavy atom. The number of carboxylic acid groups (broad SMARTS) is 2. The van der Waals surface area contributed by atoms with E-state index < -0.39 is 181 Å². The number of carbonyl (C=O) groups is 12. The average Bonchev–Trinajstić information content (AvgIpc) is 3.22. The van der Waals surface area contributed by atoms with Crippen LogP contribution in [0.2, 0.25) is 0 Å². The number of unbranched alkanes of at least 4 members (excludes halogenated alkanes) is 1. The largest absolute Gasteiger partial charge is 0.508 e. The van der Waals surface area contributed by atoms with Crippen molar-refractivity contribution in [1.82, 2.24) is 47.9 Å². The molecule has 0 spiro atoms. The van der Waals surface area contributed by atoms with E-state index in [1.807, 2.05) is 6.92 Å². The molecule has 0 fully saturated rings. The fourth-order valence-electron chi connectivity index (χ4n) is 8.99. The van der Waals surface area contributed by atoms with Gasteiger partial charge in [-0.2, -0.15) is 0 Å². The summed E-state index contributed by atoms with van der Waals surface area (Å²) in [5.74, 6) is -14.1. The van der Waals surface area contributed by atoms with Gasteiger partial charge >= 0.3 is 11.9 Å². The number of phenolic OH excluding ortho intramolecular Hbond substituents is 1. The van der Waals surface area contributed by atoms with E-state index in [9.17, 15) is 78.0 Å². The van der Waals surface area contributed by atoms with Crippen LogP contribution < -0.4 is 65.1 Å². The van der Waals surface area contributed by atoms with Crippen molar-refractivity contribution in [3.8, 4) is 5.75 Å². The van der Waals surface area contributed by atoms with Gasteiger partial charge in [0.1, 0.15) is 60.1 Å². The maximum absolute atomic E-state index is 14.6. The SMILES string of the molecule is CC[C@H](C)[C@H](N)C(=O)N[C@H](C(=O)N[C@@H](CO)C(=O)N[C@@H](CCC(=O)O)C(=O)N[C@@H](CCCCN)C(=O)N[C@@H](Cc1ccc(O)cc1)C(=O)N[C@@H](CCC(N)=O)C(=O)N[C@H](C(=O)N[C@@H](Cc1ccccc1)C(=O)N[C@H](C(=O)O)[C@@H](C)CC)C(C)C)[C@@H](C)CC. The quantitative estimate of drug-likeness (QED) is 0.0355. The first-order valence-electron chi connectivity index (χ1n) is 29.9. The fourth-order valence-corrected chi connectivity index (χ4v) is 8.99. The van der Waals surface area contributed by atoms with Crippen LogP contribution in [-0.4, -0.2) is 165 Å². The minimum absolute atomic E-state index is 0.0839. The van der Waals surface area contributed by atoms with Crippen LogP contribution in [0.15, 0.2) is 54.6 Å². The first-order chi connectivity index (χ1) is 41.5. The summed E-state index contributed by atoms with van der Waals surface area (Å²) in [5.41, 5.74) is 18.4. The number of carboxylic acids is 2. The number of amides is 10. The number of nitrogens with two attached hydrogens (primary N) is 3. The molecule has 0 aliphatic carbocycles. The predicted octanol–water partition coefficient (Wildman–Crippen LogP) is -1.00. The topological polar surface area (TPSA) is 472 Å². The molecule has 0 saturated heterocycles. The Balaban J connectivity index is 2.56. The predicted molar refractivity (Wildman–Crippen MR) is 323 cm³/mol. The van der Waals surface area contributed by atoms with E-state index in [0.29, 0.717) is 36.8 Å². The highest BCUT2D eigenvalue weighted by Gasteiger charge is 2.38. The molecular weight excluding hydrogens is 1140 g/mol. The number of aromatic hydroxyl groups is 1. The Bertz CT molecular complexity index is 2650. The summed E-state index contributed by atoms with van der Waals surface area (Å²) < 4.78 is 0. The lowest BCUT2D eigenvalue weighted by atomic mass is 9.95. The van der Waals surface area contributed by atoms with Crippen LogP contribution in [0.5, 0.6) is 5.75 Å². The van der Waals surface area contributed by atoms with Gasteiger partial charge in [-0.3, -0.25) is 52.7 Å². The van der Waals surface area contributed by atoms with Crippen molar-refractivity contribution in [3.05, 3.63) is 65.7 Å². The number of hydrogen-bond donors (Lipinski definition) is 16. The minimum atomic E-state index is -1.74. The molecule has 2 aromatic rings. The zero-order valence-electron chi connectivity index (χ0n) is 51.6. The number of carbonyl (C=O) groups excluding carboxylic acids is 10. The third-order valence-corrected chi connectivity index (χ3v) is 15.3. The third-order valence-electron chi connectivity index (χ3n) is 15.3. The van der Waals surface area contributed by atoms with Gasteiger partial charge in [-0.25, -0.2) is 4.79 Å². The summed E-state index contributed by atoms with van der Waals surface area (Å²) in [5, 5.41) is 62.8. The van der Waals surface area contributed by atoms with Crippen LogP contribution in [0, 0.1) is 23.7 Å². The highest BCUT2D eigenvalue weighted by atomic mass is 16.4.